The number of halogens is 1. The van der Waals surface area contributed by atoms with E-state index < -0.39 is 0 Å². The molecule has 2 aromatic rings. The van der Waals surface area contributed by atoms with Gasteiger partial charge in [-0.1, -0.05) is 11.6 Å². The Morgan fingerprint density at radius 2 is 2.14 bits per heavy atom. The Kier molecular flexibility index (Phi) is 4.43. The van der Waals surface area contributed by atoms with Crippen LogP contribution in [0.4, 0.5) is 11.5 Å². The Morgan fingerprint density at radius 3 is 2.79 bits per heavy atom. The first kappa shape index (κ1) is 19.5. The van der Waals surface area contributed by atoms with Gasteiger partial charge < -0.3 is 16.0 Å². The fourth-order valence-corrected chi connectivity index (χ4v) is 4.96. The fraction of sp³-hybridized carbons (Fsp3) is 0.429. The number of hydrogen-bond acceptors (Lipinski definition) is 6. The number of pyridine rings is 2. The summed E-state index contributed by atoms with van der Waals surface area (Å²) < 4.78 is 0. The number of carbonyl (C=O) groups is 1. The molecule has 3 heterocycles. The van der Waals surface area contributed by atoms with Crippen LogP contribution in [0.3, 0.4) is 0 Å². The van der Waals surface area contributed by atoms with Gasteiger partial charge in [0.1, 0.15) is 5.82 Å². The summed E-state index contributed by atoms with van der Waals surface area (Å²) in [5.74, 6) is 0.495. The molecule has 3 N–H and O–H groups in total. The van der Waals surface area contributed by atoms with Crippen molar-refractivity contribution in [2.75, 3.05) is 31.7 Å². The van der Waals surface area contributed by atoms with Gasteiger partial charge in [0.25, 0.3) is 5.91 Å². The zero-order valence-corrected chi connectivity index (χ0v) is 17.5. The molecule has 0 aromatic carbocycles. The highest BCUT2D eigenvalue weighted by Crippen LogP contribution is 2.56. The molecule has 1 aliphatic heterocycles. The summed E-state index contributed by atoms with van der Waals surface area (Å²) in [6, 6.07) is 5.88. The van der Waals surface area contributed by atoms with Gasteiger partial charge in [0.05, 0.1) is 27.9 Å². The SMILES string of the molecule is CN(C)C(=O)c1nc(-c2cnc3c(c2Cl)[C@]2(CC[C@@](C)(C#N)C2)CN3)ccc1N. The minimum absolute atomic E-state index is 0.190. The van der Waals surface area contributed by atoms with E-state index >= 15 is 0 Å². The van der Waals surface area contributed by atoms with Crippen molar-refractivity contribution in [3.8, 4) is 17.3 Å². The third kappa shape index (κ3) is 2.99. The second-order valence-corrected chi connectivity index (χ2v) is 8.90. The minimum atomic E-state index is -0.368. The molecule has 0 unspecified atom stereocenters. The lowest BCUT2D eigenvalue weighted by Crippen LogP contribution is -2.27. The fourth-order valence-electron chi connectivity index (χ4n) is 4.53. The summed E-state index contributed by atoms with van der Waals surface area (Å²) in [5, 5.41) is 13.5. The molecule has 1 saturated carbocycles. The second-order valence-electron chi connectivity index (χ2n) is 8.53. The summed E-state index contributed by atoms with van der Waals surface area (Å²) in [6.07, 6.45) is 4.11. The lowest BCUT2D eigenvalue weighted by Gasteiger charge is -2.26. The first-order valence-electron chi connectivity index (χ1n) is 9.52. The number of nitrogens with two attached hydrogens (primary N) is 1. The molecule has 8 heteroatoms. The van der Waals surface area contributed by atoms with Crippen LogP contribution in [-0.2, 0) is 5.41 Å². The van der Waals surface area contributed by atoms with E-state index in [4.69, 9.17) is 17.3 Å². The number of nitriles is 1. The van der Waals surface area contributed by atoms with E-state index in [0.717, 1.165) is 37.2 Å². The summed E-state index contributed by atoms with van der Waals surface area (Å²) in [7, 11) is 3.31. The molecule has 0 saturated heterocycles. The predicted molar refractivity (Wildman–Crippen MR) is 113 cm³/mol. The number of amides is 1. The molecule has 150 valence electrons. The molecule has 0 bridgehead atoms. The maximum Gasteiger partial charge on any atom is 0.274 e. The van der Waals surface area contributed by atoms with Crippen LogP contribution in [0.1, 0.15) is 42.2 Å². The van der Waals surface area contributed by atoms with Crippen molar-refractivity contribution in [3.63, 3.8) is 0 Å². The van der Waals surface area contributed by atoms with E-state index in [-0.39, 0.29) is 22.4 Å². The Balaban J connectivity index is 1.82. The van der Waals surface area contributed by atoms with E-state index in [1.54, 1.807) is 32.4 Å². The minimum Gasteiger partial charge on any atom is -0.397 e. The smallest absolute Gasteiger partial charge is 0.274 e. The molecule has 1 fully saturated rings. The molecular formula is C21H23ClN6O. The van der Waals surface area contributed by atoms with Crippen molar-refractivity contribution in [3.05, 3.63) is 34.6 Å². The predicted octanol–water partition coefficient (Wildman–Crippen LogP) is 3.46. The number of rotatable bonds is 2. The molecule has 1 spiro atoms. The molecule has 2 aliphatic rings. The highest BCUT2D eigenvalue weighted by Gasteiger charge is 2.52. The summed E-state index contributed by atoms with van der Waals surface area (Å²) in [5.41, 5.74) is 8.06. The number of aromatic nitrogens is 2. The number of nitrogens with zero attached hydrogens (tertiary/aromatic N) is 4. The molecule has 0 radical (unpaired) electrons. The van der Waals surface area contributed by atoms with Gasteiger partial charge in [0, 0.05) is 43.4 Å². The van der Waals surface area contributed by atoms with Crippen LogP contribution in [0.5, 0.6) is 0 Å². The molecule has 2 atom stereocenters. The molecular weight excluding hydrogens is 388 g/mol. The van der Waals surface area contributed by atoms with Crippen molar-refractivity contribution >= 4 is 29.0 Å². The monoisotopic (exact) mass is 410 g/mol. The highest BCUT2D eigenvalue weighted by molar-refractivity contribution is 6.34. The number of fused-ring (bicyclic) bond motifs is 2. The standard InChI is InChI=1S/C21H23ClN6O/c1-20(10-23)6-7-21(9-20)11-26-18-15(21)16(22)12(8-25-18)14-5-4-13(24)17(27-14)19(29)28(2)3/h4-5,8H,6-7,9,11,24H2,1-3H3,(H,25,26)/t20-,21+/m1/s1. The quantitative estimate of drug-likeness (QED) is 0.784. The Labute approximate surface area is 174 Å². The lowest BCUT2D eigenvalue weighted by atomic mass is 9.77. The molecule has 7 nitrogen and oxygen atoms in total. The van der Waals surface area contributed by atoms with Gasteiger partial charge in [-0.2, -0.15) is 5.26 Å². The number of anilines is 2. The summed E-state index contributed by atoms with van der Waals surface area (Å²) >= 11 is 6.90. The van der Waals surface area contributed by atoms with Gasteiger partial charge in [-0.3, -0.25) is 4.79 Å². The van der Waals surface area contributed by atoms with Crippen molar-refractivity contribution in [1.82, 2.24) is 14.9 Å². The Hall–Kier alpha value is -2.85. The third-order valence-corrected chi connectivity index (χ3v) is 6.50. The second kappa shape index (κ2) is 6.60. The Morgan fingerprint density at radius 1 is 1.38 bits per heavy atom. The maximum atomic E-state index is 12.4. The van der Waals surface area contributed by atoms with Gasteiger partial charge in [0.2, 0.25) is 0 Å². The average Bonchev–Trinajstić information content (AvgIpc) is 3.23. The van der Waals surface area contributed by atoms with Gasteiger partial charge in [-0.05, 0) is 38.3 Å². The first-order valence-corrected chi connectivity index (χ1v) is 9.90. The van der Waals surface area contributed by atoms with E-state index in [0.29, 0.717) is 22.0 Å². The van der Waals surface area contributed by atoms with Gasteiger partial charge >= 0.3 is 0 Å². The highest BCUT2D eigenvalue weighted by atomic mass is 35.5. The molecule has 29 heavy (non-hydrogen) atoms. The summed E-state index contributed by atoms with van der Waals surface area (Å²) in [4.78, 5) is 22.9. The van der Waals surface area contributed by atoms with E-state index in [9.17, 15) is 10.1 Å². The van der Waals surface area contributed by atoms with Crippen LogP contribution in [0.25, 0.3) is 11.3 Å². The number of nitrogens with one attached hydrogen (secondary N) is 1. The van der Waals surface area contributed by atoms with Crippen LogP contribution in [-0.4, -0.2) is 41.4 Å². The van der Waals surface area contributed by atoms with Crippen LogP contribution in [0, 0.1) is 16.7 Å². The number of carbonyl (C=O) groups excluding carboxylic acids is 1. The first-order chi connectivity index (χ1) is 13.7. The zero-order chi connectivity index (χ0) is 21.0. The van der Waals surface area contributed by atoms with Crippen molar-refractivity contribution in [2.45, 2.75) is 31.6 Å². The van der Waals surface area contributed by atoms with Crippen LogP contribution in [0.2, 0.25) is 5.02 Å². The van der Waals surface area contributed by atoms with E-state index in [1.807, 2.05) is 6.92 Å². The maximum absolute atomic E-state index is 12.4. The van der Waals surface area contributed by atoms with E-state index in [1.165, 1.54) is 4.90 Å². The van der Waals surface area contributed by atoms with Crippen molar-refractivity contribution in [1.29, 1.82) is 5.26 Å². The van der Waals surface area contributed by atoms with Crippen LogP contribution in [0.15, 0.2) is 18.3 Å². The average molecular weight is 411 g/mol. The summed E-state index contributed by atoms with van der Waals surface area (Å²) in [6.45, 7) is 2.72. The van der Waals surface area contributed by atoms with Crippen LogP contribution < -0.4 is 11.1 Å². The number of hydrogen-bond donors (Lipinski definition) is 2. The van der Waals surface area contributed by atoms with Gasteiger partial charge in [0.15, 0.2) is 5.69 Å². The van der Waals surface area contributed by atoms with Crippen molar-refractivity contribution in [2.24, 2.45) is 5.41 Å². The largest absolute Gasteiger partial charge is 0.397 e. The van der Waals surface area contributed by atoms with Crippen LogP contribution >= 0.6 is 11.6 Å². The van der Waals surface area contributed by atoms with Crippen molar-refractivity contribution < 1.29 is 4.79 Å². The number of nitrogen functional groups attached to an aromatic ring is 1. The molecule has 1 amide bonds. The molecule has 1 aliphatic carbocycles. The van der Waals surface area contributed by atoms with Gasteiger partial charge in [-0.25, -0.2) is 9.97 Å². The molecule has 2 aromatic heterocycles. The Bertz CT molecular complexity index is 1060. The molecule has 4 rings (SSSR count). The third-order valence-electron chi connectivity index (χ3n) is 6.11. The van der Waals surface area contributed by atoms with E-state index in [2.05, 4.69) is 21.4 Å². The van der Waals surface area contributed by atoms with Gasteiger partial charge in [-0.15, -0.1) is 0 Å². The lowest BCUT2D eigenvalue weighted by molar-refractivity contribution is 0.0823. The normalized spacial score (nSPS) is 24.8. The zero-order valence-electron chi connectivity index (χ0n) is 16.7. The topological polar surface area (TPSA) is 108 Å².